The van der Waals surface area contributed by atoms with Gasteiger partial charge in [0, 0.05) is 6.54 Å². The highest BCUT2D eigenvalue weighted by atomic mass is 32.2. The Bertz CT molecular complexity index is 931. The fourth-order valence-electron chi connectivity index (χ4n) is 3.95. The number of ether oxygens (including phenoxy) is 2. The molecule has 0 saturated carbocycles. The lowest BCUT2D eigenvalue weighted by Gasteiger charge is -2.39. The van der Waals surface area contributed by atoms with Crippen LogP contribution >= 0.6 is 0 Å². The number of hydrogen-bond donors (Lipinski definition) is 1. The maximum atomic E-state index is 13.5. The average Bonchev–Trinajstić information content (AvgIpc) is 2.98. The number of hydrogen-bond acceptors (Lipinski definition) is 5. The number of benzene rings is 1. The van der Waals surface area contributed by atoms with Crippen LogP contribution in [0.15, 0.2) is 17.0 Å². The Morgan fingerprint density at radius 1 is 1.19 bits per heavy atom. The molecule has 0 saturated heterocycles. The van der Waals surface area contributed by atoms with E-state index in [9.17, 15) is 8.42 Å². The van der Waals surface area contributed by atoms with Crippen molar-refractivity contribution in [3.63, 3.8) is 0 Å². The maximum absolute atomic E-state index is 13.5. The minimum Gasteiger partial charge on any atom is -0.493 e. The van der Waals surface area contributed by atoms with Crippen molar-refractivity contribution in [2.45, 2.75) is 45.1 Å². The third kappa shape index (κ3) is 3.21. The number of fused-ring (bicyclic) bond motifs is 1. The third-order valence-electron chi connectivity index (χ3n) is 5.13. The first-order valence-electron chi connectivity index (χ1n) is 9.00. The molecule has 0 bridgehead atoms. The second-order valence-electron chi connectivity index (χ2n) is 7.22. The molecular formula is C19H27N3O4S. The lowest BCUT2D eigenvalue weighted by atomic mass is 9.87. The van der Waals surface area contributed by atoms with Crippen molar-refractivity contribution in [3.05, 3.63) is 34.6 Å². The van der Waals surface area contributed by atoms with E-state index in [2.05, 4.69) is 10.2 Å². The SMILES string of the molecule is COc1cc2c(cc1OC)C(C(C)C)N(S(=O)(=O)c1c(C)n[nH]c1C)CC2. The molecule has 1 aromatic heterocycles. The molecule has 148 valence electrons. The molecule has 27 heavy (non-hydrogen) atoms. The van der Waals surface area contributed by atoms with Gasteiger partial charge in [-0.2, -0.15) is 9.40 Å². The van der Waals surface area contributed by atoms with Gasteiger partial charge >= 0.3 is 0 Å². The Morgan fingerprint density at radius 3 is 2.33 bits per heavy atom. The first-order chi connectivity index (χ1) is 12.7. The Kier molecular flexibility index (Phi) is 5.22. The lowest BCUT2D eigenvalue weighted by Crippen LogP contribution is -2.42. The molecule has 1 aliphatic heterocycles. The lowest BCUT2D eigenvalue weighted by molar-refractivity contribution is 0.246. The van der Waals surface area contributed by atoms with Gasteiger partial charge in [0.1, 0.15) is 4.90 Å². The molecule has 0 amide bonds. The van der Waals surface area contributed by atoms with Crippen LogP contribution in [0.1, 0.15) is 42.4 Å². The van der Waals surface area contributed by atoms with Crippen LogP contribution in [0.2, 0.25) is 0 Å². The van der Waals surface area contributed by atoms with Gasteiger partial charge < -0.3 is 9.47 Å². The molecule has 1 unspecified atom stereocenters. The molecule has 1 N–H and O–H groups in total. The van der Waals surface area contributed by atoms with Gasteiger partial charge in [-0.1, -0.05) is 13.8 Å². The number of H-pyrrole nitrogens is 1. The number of nitrogens with one attached hydrogen (secondary N) is 1. The fourth-order valence-corrected chi connectivity index (χ4v) is 6.03. The highest BCUT2D eigenvalue weighted by Gasteiger charge is 2.40. The number of aromatic nitrogens is 2. The second-order valence-corrected chi connectivity index (χ2v) is 9.05. The first-order valence-corrected chi connectivity index (χ1v) is 10.4. The largest absolute Gasteiger partial charge is 0.493 e. The summed E-state index contributed by atoms with van der Waals surface area (Å²) in [5.41, 5.74) is 3.12. The van der Waals surface area contributed by atoms with Crippen molar-refractivity contribution in [3.8, 4) is 11.5 Å². The number of rotatable bonds is 5. The monoisotopic (exact) mass is 393 g/mol. The summed E-state index contributed by atoms with van der Waals surface area (Å²) < 4.78 is 39.5. The molecule has 3 rings (SSSR count). The molecule has 7 nitrogen and oxygen atoms in total. The zero-order valence-electron chi connectivity index (χ0n) is 16.7. The number of methoxy groups -OCH3 is 2. The number of aromatic amines is 1. The highest BCUT2D eigenvalue weighted by Crippen LogP contribution is 2.43. The smallest absolute Gasteiger partial charge is 0.247 e. The Morgan fingerprint density at radius 2 is 1.81 bits per heavy atom. The molecule has 0 aliphatic carbocycles. The van der Waals surface area contributed by atoms with Gasteiger partial charge in [-0.15, -0.1) is 0 Å². The predicted molar refractivity (Wildman–Crippen MR) is 103 cm³/mol. The van der Waals surface area contributed by atoms with E-state index in [0.29, 0.717) is 35.9 Å². The minimum absolute atomic E-state index is 0.0874. The van der Waals surface area contributed by atoms with Crippen molar-refractivity contribution < 1.29 is 17.9 Å². The Balaban J connectivity index is 2.15. The second kappa shape index (κ2) is 7.16. The maximum Gasteiger partial charge on any atom is 0.247 e. The third-order valence-corrected chi connectivity index (χ3v) is 7.28. The van der Waals surface area contributed by atoms with Crippen LogP contribution in [0.25, 0.3) is 0 Å². The van der Waals surface area contributed by atoms with Crippen LogP contribution in [0.4, 0.5) is 0 Å². The quantitative estimate of drug-likeness (QED) is 0.844. The number of nitrogens with zero attached hydrogens (tertiary/aromatic N) is 2. The molecular weight excluding hydrogens is 366 g/mol. The summed E-state index contributed by atoms with van der Waals surface area (Å²) >= 11 is 0. The van der Waals surface area contributed by atoms with E-state index in [0.717, 1.165) is 11.1 Å². The molecule has 1 atom stereocenters. The zero-order valence-corrected chi connectivity index (χ0v) is 17.5. The topological polar surface area (TPSA) is 84.5 Å². The van der Waals surface area contributed by atoms with Gasteiger partial charge in [-0.25, -0.2) is 8.42 Å². The summed E-state index contributed by atoms with van der Waals surface area (Å²) in [7, 11) is -0.492. The molecule has 1 aromatic carbocycles. The van der Waals surface area contributed by atoms with Gasteiger partial charge in [0.25, 0.3) is 0 Å². The molecule has 0 fully saturated rings. The van der Waals surface area contributed by atoms with E-state index in [1.54, 1.807) is 32.4 Å². The molecule has 1 aliphatic rings. The highest BCUT2D eigenvalue weighted by molar-refractivity contribution is 7.89. The van der Waals surface area contributed by atoms with Crippen molar-refractivity contribution in [2.24, 2.45) is 5.92 Å². The van der Waals surface area contributed by atoms with Crippen molar-refractivity contribution >= 4 is 10.0 Å². The van der Waals surface area contributed by atoms with Crippen molar-refractivity contribution in [1.82, 2.24) is 14.5 Å². The standard InChI is InChI=1S/C19H27N3O4S/c1-11(2)18-15-10-17(26-6)16(25-5)9-14(15)7-8-22(18)27(23,24)19-12(3)20-21-13(19)4/h9-11,18H,7-8H2,1-6H3,(H,20,21). The normalized spacial score (nSPS) is 17.8. The van der Waals surface area contributed by atoms with E-state index in [-0.39, 0.29) is 16.9 Å². The van der Waals surface area contributed by atoms with Crippen LogP contribution in [-0.2, 0) is 16.4 Å². The minimum atomic E-state index is -3.68. The predicted octanol–water partition coefficient (Wildman–Crippen LogP) is 2.99. The number of aryl methyl sites for hydroxylation is 2. The van der Waals surface area contributed by atoms with E-state index < -0.39 is 10.0 Å². The molecule has 8 heteroatoms. The van der Waals surface area contributed by atoms with E-state index in [1.165, 1.54) is 0 Å². The van der Waals surface area contributed by atoms with Crippen molar-refractivity contribution in [2.75, 3.05) is 20.8 Å². The first kappa shape index (κ1) is 19.7. The molecule has 2 aromatic rings. The summed E-state index contributed by atoms with van der Waals surface area (Å²) in [5, 5.41) is 6.86. The van der Waals surface area contributed by atoms with Gasteiger partial charge in [0.05, 0.1) is 31.6 Å². The Hall–Kier alpha value is -2.06. The van der Waals surface area contributed by atoms with Crippen LogP contribution in [-0.4, -0.2) is 43.7 Å². The summed E-state index contributed by atoms with van der Waals surface area (Å²) in [6.45, 7) is 7.94. The summed E-state index contributed by atoms with van der Waals surface area (Å²) in [4.78, 5) is 0.275. The number of sulfonamides is 1. The summed E-state index contributed by atoms with van der Waals surface area (Å²) in [6.07, 6.45) is 0.619. The average molecular weight is 394 g/mol. The van der Waals surface area contributed by atoms with Crippen LogP contribution in [0, 0.1) is 19.8 Å². The van der Waals surface area contributed by atoms with Gasteiger partial charge in [-0.3, -0.25) is 5.10 Å². The van der Waals surface area contributed by atoms with E-state index in [1.807, 2.05) is 26.0 Å². The van der Waals surface area contributed by atoms with Gasteiger partial charge in [0.15, 0.2) is 11.5 Å². The Labute approximate surface area is 160 Å². The zero-order chi connectivity index (χ0) is 19.9. The summed E-state index contributed by atoms with van der Waals surface area (Å²) in [5.74, 6) is 1.36. The van der Waals surface area contributed by atoms with Crippen LogP contribution in [0.3, 0.4) is 0 Å². The van der Waals surface area contributed by atoms with Gasteiger partial charge in [-0.05, 0) is 49.4 Å². The molecule has 2 heterocycles. The molecule has 0 spiro atoms. The summed E-state index contributed by atoms with van der Waals surface area (Å²) in [6, 6.07) is 3.59. The van der Waals surface area contributed by atoms with E-state index >= 15 is 0 Å². The van der Waals surface area contributed by atoms with Crippen LogP contribution < -0.4 is 9.47 Å². The van der Waals surface area contributed by atoms with Gasteiger partial charge in [0.2, 0.25) is 10.0 Å². The molecule has 0 radical (unpaired) electrons. The fraction of sp³-hybridized carbons (Fsp3) is 0.526. The van der Waals surface area contributed by atoms with Crippen molar-refractivity contribution in [1.29, 1.82) is 0 Å². The van der Waals surface area contributed by atoms with Crippen LogP contribution in [0.5, 0.6) is 11.5 Å². The van der Waals surface area contributed by atoms with E-state index in [4.69, 9.17) is 9.47 Å².